The van der Waals surface area contributed by atoms with Crippen molar-refractivity contribution in [3.8, 4) is 33.9 Å². The second kappa shape index (κ2) is 8.25. The zero-order chi connectivity index (χ0) is 21.1. The van der Waals surface area contributed by atoms with Crippen molar-refractivity contribution in [1.82, 2.24) is 9.97 Å². The highest BCUT2D eigenvalue weighted by Gasteiger charge is 2.16. The van der Waals surface area contributed by atoms with Gasteiger partial charge in [0, 0.05) is 36.5 Å². The number of rotatable bonds is 5. The first-order valence-corrected chi connectivity index (χ1v) is 9.69. The van der Waals surface area contributed by atoms with Crippen LogP contribution < -0.4 is 4.90 Å². The predicted octanol–water partition coefficient (Wildman–Crippen LogP) is 5.26. The molecule has 5 nitrogen and oxygen atoms in total. The highest BCUT2D eigenvalue weighted by molar-refractivity contribution is 5.90. The molecular weight excluding hydrogens is 374 g/mol. The minimum absolute atomic E-state index is 0.354. The van der Waals surface area contributed by atoms with Crippen LogP contribution in [-0.2, 0) is 4.74 Å². The van der Waals surface area contributed by atoms with E-state index < -0.39 is 0 Å². The van der Waals surface area contributed by atoms with Crippen molar-refractivity contribution in [1.29, 1.82) is 0 Å². The summed E-state index contributed by atoms with van der Waals surface area (Å²) >= 11 is 0. The summed E-state index contributed by atoms with van der Waals surface area (Å²) < 4.78 is 4.78. The number of nitrogens with zero attached hydrogens (tertiary/aromatic N) is 2. The number of carbonyl (C=O) groups is 1. The Morgan fingerprint density at radius 3 is 2.07 bits per heavy atom. The van der Waals surface area contributed by atoms with Gasteiger partial charge in [-0.1, -0.05) is 54.6 Å². The molecule has 0 unspecified atom stereocenters. The lowest BCUT2D eigenvalue weighted by Crippen LogP contribution is -2.07. The van der Waals surface area contributed by atoms with Gasteiger partial charge in [-0.15, -0.1) is 0 Å². The molecule has 150 valence electrons. The number of aromatic amines is 1. The zero-order valence-corrected chi connectivity index (χ0v) is 17.2. The fourth-order valence-corrected chi connectivity index (χ4v) is 3.33. The molecular formula is C25H23N3O2. The Kier molecular flexibility index (Phi) is 5.35. The molecule has 0 aliphatic carbocycles. The van der Waals surface area contributed by atoms with Crippen LogP contribution in [0.25, 0.3) is 33.9 Å². The third-order valence-corrected chi connectivity index (χ3v) is 5.00. The maximum Gasteiger partial charge on any atom is 0.337 e. The smallest absolute Gasteiger partial charge is 0.337 e. The number of benzene rings is 3. The molecule has 0 aliphatic heterocycles. The van der Waals surface area contributed by atoms with Crippen LogP contribution >= 0.6 is 0 Å². The number of H-pyrrole nitrogens is 1. The second-order valence-corrected chi connectivity index (χ2v) is 7.19. The number of esters is 1. The number of aromatic nitrogens is 2. The molecule has 1 heterocycles. The van der Waals surface area contributed by atoms with Crippen molar-refractivity contribution in [2.24, 2.45) is 0 Å². The van der Waals surface area contributed by atoms with Crippen molar-refractivity contribution in [2.45, 2.75) is 0 Å². The summed E-state index contributed by atoms with van der Waals surface area (Å²) in [6.07, 6.45) is 0. The Balaban J connectivity index is 1.79. The van der Waals surface area contributed by atoms with Crippen LogP contribution in [0.2, 0.25) is 0 Å². The maximum absolute atomic E-state index is 11.7. The third kappa shape index (κ3) is 3.82. The molecule has 0 saturated heterocycles. The van der Waals surface area contributed by atoms with Crippen LogP contribution in [0, 0.1) is 0 Å². The Bertz CT molecular complexity index is 1150. The molecule has 0 amide bonds. The first-order valence-electron chi connectivity index (χ1n) is 9.69. The number of anilines is 1. The fourth-order valence-electron chi connectivity index (χ4n) is 3.33. The van der Waals surface area contributed by atoms with Crippen LogP contribution in [-0.4, -0.2) is 37.1 Å². The van der Waals surface area contributed by atoms with E-state index >= 15 is 0 Å². The third-order valence-electron chi connectivity index (χ3n) is 5.00. The average Bonchev–Trinajstić information content (AvgIpc) is 3.25. The summed E-state index contributed by atoms with van der Waals surface area (Å²) in [6.45, 7) is 0. The fraction of sp³-hybridized carbons (Fsp3) is 0.120. The van der Waals surface area contributed by atoms with E-state index in [1.807, 2.05) is 44.4 Å². The molecule has 4 aromatic rings. The summed E-state index contributed by atoms with van der Waals surface area (Å²) in [7, 11) is 5.43. The van der Waals surface area contributed by atoms with Crippen LogP contribution in [0.4, 0.5) is 5.69 Å². The minimum Gasteiger partial charge on any atom is -0.465 e. The quantitative estimate of drug-likeness (QED) is 0.467. The molecule has 4 rings (SSSR count). The molecule has 0 spiro atoms. The van der Waals surface area contributed by atoms with Crippen LogP contribution in [0.3, 0.4) is 0 Å². The number of imidazole rings is 1. The monoisotopic (exact) mass is 397 g/mol. The summed E-state index contributed by atoms with van der Waals surface area (Å²) in [6, 6.07) is 25.7. The van der Waals surface area contributed by atoms with E-state index in [0.717, 1.165) is 39.6 Å². The molecule has 3 aromatic carbocycles. The Hall–Kier alpha value is -3.86. The van der Waals surface area contributed by atoms with Gasteiger partial charge in [-0.25, -0.2) is 9.78 Å². The topological polar surface area (TPSA) is 58.2 Å². The SMILES string of the molecule is COC(=O)c1ccc(-c2nc(-c3ccccc3)c(-c3ccc(N(C)C)cc3)[nH]2)cc1. The highest BCUT2D eigenvalue weighted by atomic mass is 16.5. The van der Waals surface area contributed by atoms with Gasteiger partial charge in [-0.3, -0.25) is 0 Å². The molecule has 0 fully saturated rings. The van der Waals surface area contributed by atoms with Crippen LogP contribution in [0.15, 0.2) is 78.9 Å². The molecule has 0 radical (unpaired) electrons. The first-order chi connectivity index (χ1) is 14.6. The van der Waals surface area contributed by atoms with E-state index in [1.165, 1.54) is 7.11 Å². The van der Waals surface area contributed by atoms with Gasteiger partial charge in [0.2, 0.25) is 0 Å². The Morgan fingerprint density at radius 1 is 0.833 bits per heavy atom. The normalized spacial score (nSPS) is 10.6. The summed E-state index contributed by atoms with van der Waals surface area (Å²) in [5.74, 6) is 0.393. The van der Waals surface area contributed by atoms with E-state index in [9.17, 15) is 4.79 Å². The number of hydrogen-bond acceptors (Lipinski definition) is 4. The molecule has 1 N–H and O–H groups in total. The predicted molar refractivity (Wildman–Crippen MR) is 121 cm³/mol. The van der Waals surface area contributed by atoms with E-state index in [4.69, 9.17) is 9.72 Å². The van der Waals surface area contributed by atoms with Gasteiger partial charge in [-0.05, 0) is 24.3 Å². The molecule has 0 saturated carbocycles. The molecule has 30 heavy (non-hydrogen) atoms. The molecule has 0 bridgehead atoms. The highest BCUT2D eigenvalue weighted by Crippen LogP contribution is 2.33. The molecule has 0 aliphatic rings. The van der Waals surface area contributed by atoms with Gasteiger partial charge in [0.1, 0.15) is 5.82 Å². The van der Waals surface area contributed by atoms with E-state index in [1.54, 1.807) is 12.1 Å². The summed E-state index contributed by atoms with van der Waals surface area (Å²) in [5, 5.41) is 0. The lowest BCUT2D eigenvalue weighted by molar-refractivity contribution is 0.0601. The van der Waals surface area contributed by atoms with Gasteiger partial charge in [-0.2, -0.15) is 0 Å². The van der Waals surface area contributed by atoms with Gasteiger partial charge >= 0.3 is 5.97 Å². The average molecular weight is 397 g/mol. The maximum atomic E-state index is 11.7. The number of methoxy groups -OCH3 is 1. The van der Waals surface area contributed by atoms with E-state index in [-0.39, 0.29) is 5.97 Å². The Labute approximate surface area is 176 Å². The van der Waals surface area contributed by atoms with E-state index in [2.05, 4.69) is 46.3 Å². The number of carbonyl (C=O) groups excluding carboxylic acids is 1. The number of nitrogens with one attached hydrogen (secondary N) is 1. The first kappa shape index (κ1) is 19.5. The van der Waals surface area contributed by atoms with Crippen LogP contribution in [0.1, 0.15) is 10.4 Å². The molecule has 1 aromatic heterocycles. The van der Waals surface area contributed by atoms with Gasteiger partial charge in [0.05, 0.1) is 24.1 Å². The molecule has 5 heteroatoms. The minimum atomic E-state index is -0.354. The van der Waals surface area contributed by atoms with Crippen molar-refractivity contribution < 1.29 is 9.53 Å². The van der Waals surface area contributed by atoms with Crippen molar-refractivity contribution in [3.05, 3.63) is 84.4 Å². The van der Waals surface area contributed by atoms with Crippen molar-refractivity contribution in [3.63, 3.8) is 0 Å². The van der Waals surface area contributed by atoms with Gasteiger partial charge in [0.15, 0.2) is 0 Å². The Morgan fingerprint density at radius 2 is 1.47 bits per heavy atom. The van der Waals surface area contributed by atoms with E-state index in [0.29, 0.717) is 5.56 Å². The molecule has 0 atom stereocenters. The standard InChI is InChI=1S/C25H23N3O2/c1-28(2)21-15-13-18(14-16-21)23-22(17-7-5-4-6-8-17)26-24(27-23)19-9-11-20(12-10-19)25(29)30-3/h4-16H,1-3H3,(H,26,27). The van der Waals surface area contributed by atoms with Crippen LogP contribution in [0.5, 0.6) is 0 Å². The van der Waals surface area contributed by atoms with Gasteiger partial charge < -0.3 is 14.6 Å². The zero-order valence-electron chi connectivity index (χ0n) is 17.2. The summed E-state index contributed by atoms with van der Waals surface area (Å²) in [4.78, 5) is 22.2. The number of ether oxygens (including phenoxy) is 1. The largest absolute Gasteiger partial charge is 0.465 e. The van der Waals surface area contributed by atoms with Crippen molar-refractivity contribution >= 4 is 11.7 Å². The lowest BCUT2D eigenvalue weighted by Gasteiger charge is -2.12. The van der Waals surface area contributed by atoms with Crippen molar-refractivity contribution in [2.75, 3.05) is 26.1 Å². The lowest BCUT2D eigenvalue weighted by atomic mass is 10.0. The second-order valence-electron chi connectivity index (χ2n) is 7.19. The summed E-state index contributed by atoms with van der Waals surface area (Å²) in [5.41, 5.74) is 6.49. The number of hydrogen-bond donors (Lipinski definition) is 1. The van der Waals surface area contributed by atoms with Gasteiger partial charge in [0.25, 0.3) is 0 Å².